The minimum Gasteiger partial charge on any atom is -0.389 e. The van der Waals surface area contributed by atoms with Gasteiger partial charge < -0.3 is 5.11 Å². The minimum absolute atomic E-state index is 0.162. The number of aryl methyl sites for hydroxylation is 1. The molecule has 0 heterocycles. The van der Waals surface area contributed by atoms with Gasteiger partial charge in [-0.15, -0.1) is 0 Å². The summed E-state index contributed by atoms with van der Waals surface area (Å²) >= 11 is 0. The molecule has 1 fully saturated rings. The smallest absolute Gasteiger partial charge is 0.0750 e. The Hall–Kier alpha value is -1.08. The largest absolute Gasteiger partial charge is 0.389 e. The lowest BCUT2D eigenvalue weighted by Crippen LogP contribution is -2.14. The van der Waals surface area contributed by atoms with E-state index in [0.717, 1.165) is 25.7 Å². The van der Waals surface area contributed by atoms with Crippen LogP contribution in [0.5, 0.6) is 0 Å². The number of rotatable bonds is 3. The maximum Gasteiger partial charge on any atom is 0.0750 e. The van der Waals surface area contributed by atoms with Gasteiger partial charge in [0, 0.05) is 0 Å². The number of aliphatic hydroxyl groups excluding tert-OH is 1. The molecule has 0 spiro atoms. The Morgan fingerprint density at radius 1 is 1.19 bits per heavy atom. The van der Waals surface area contributed by atoms with Crippen molar-refractivity contribution >= 4 is 0 Å². The highest BCUT2D eigenvalue weighted by atomic mass is 16.3. The fraction of sp³-hybridized carbons (Fsp3) is 0.467. The van der Waals surface area contributed by atoms with Crippen LogP contribution < -0.4 is 0 Å². The van der Waals surface area contributed by atoms with Crippen LogP contribution in [0.25, 0.3) is 0 Å². The van der Waals surface area contributed by atoms with Crippen molar-refractivity contribution in [1.82, 2.24) is 0 Å². The summed E-state index contributed by atoms with van der Waals surface area (Å²) < 4.78 is 0. The van der Waals surface area contributed by atoms with Gasteiger partial charge in [0.25, 0.3) is 0 Å². The summed E-state index contributed by atoms with van der Waals surface area (Å²) in [6.07, 6.45) is 8.69. The molecule has 2 rings (SSSR count). The first-order valence-corrected chi connectivity index (χ1v) is 6.27. The minimum atomic E-state index is -0.162. The Bertz CT molecular complexity index is 340. The monoisotopic (exact) mass is 216 g/mol. The van der Waals surface area contributed by atoms with Crippen molar-refractivity contribution in [2.75, 3.05) is 0 Å². The van der Waals surface area contributed by atoms with E-state index in [0.29, 0.717) is 0 Å². The molecule has 1 aliphatic carbocycles. The second-order valence-electron chi connectivity index (χ2n) is 4.56. The van der Waals surface area contributed by atoms with Crippen molar-refractivity contribution < 1.29 is 5.11 Å². The van der Waals surface area contributed by atoms with E-state index < -0.39 is 0 Å². The Balaban J connectivity index is 1.84. The van der Waals surface area contributed by atoms with Gasteiger partial charge in [-0.05, 0) is 43.2 Å². The molecular formula is C15H20O. The molecule has 0 aliphatic heterocycles. The Morgan fingerprint density at radius 3 is 2.75 bits per heavy atom. The van der Waals surface area contributed by atoms with Gasteiger partial charge in [-0.25, -0.2) is 0 Å². The first-order valence-electron chi connectivity index (χ1n) is 6.27. The molecular weight excluding hydrogens is 196 g/mol. The third kappa shape index (κ3) is 3.21. The van der Waals surface area contributed by atoms with Crippen molar-refractivity contribution in [3.05, 3.63) is 47.5 Å². The number of hydrogen-bond donors (Lipinski definition) is 1. The van der Waals surface area contributed by atoms with Gasteiger partial charge in [-0.1, -0.05) is 42.8 Å². The van der Waals surface area contributed by atoms with E-state index in [9.17, 15) is 5.11 Å². The summed E-state index contributed by atoms with van der Waals surface area (Å²) in [5.74, 6) is 0. The Kier molecular flexibility index (Phi) is 4.17. The van der Waals surface area contributed by atoms with Gasteiger partial charge in [-0.3, -0.25) is 0 Å². The Labute approximate surface area is 97.8 Å². The fourth-order valence-corrected chi connectivity index (χ4v) is 2.33. The van der Waals surface area contributed by atoms with Crippen LogP contribution in [0.15, 0.2) is 42.0 Å². The van der Waals surface area contributed by atoms with E-state index in [2.05, 4.69) is 30.3 Å². The normalized spacial score (nSPS) is 23.6. The molecule has 1 aromatic carbocycles. The summed E-state index contributed by atoms with van der Waals surface area (Å²) in [5, 5.41) is 9.80. The first-order chi connectivity index (χ1) is 7.86. The maximum absolute atomic E-state index is 9.80. The highest BCUT2D eigenvalue weighted by Crippen LogP contribution is 2.24. The zero-order valence-electron chi connectivity index (χ0n) is 9.73. The molecule has 0 bridgehead atoms. The molecule has 1 heteroatoms. The van der Waals surface area contributed by atoms with E-state index in [1.54, 1.807) is 0 Å². The Morgan fingerprint density at radius 2 is 2.00 bits per heavy atom. The van der Waals surface area contributed by atoms with Crippen LogP contribution in [-0.4, -0.2) is 11.2 Å². The van der Waals surface area contributed by atoms with E-state index in [1.807, 2.05) is 6.07 Å². The average Bonchev–Trinajstić information content (AvgIpc) is 2.33. The van der Waals surface area contributed by atoms with Crippen LogP contribution >= 0.6 is 0 Å². The van der Waals surface area contributed by atoms with E-state index >= 15 is 0 Å². The topological polar surface area (TPSA) is 20.2 Å². The van der Waals surface area contributed by atoms with Gasteiger partial charge in [0.05, 0.1) is 6.10 Å². The van der Waals surface area contributed by atoms with E-state index in [-0.39, 0.29) is 6.10 Å². The third-order valence-electron chi connectivity index (χ3n) is 3.30. The van der Waals surface area contributed by atoms with Gasteiger partial charge in [0.1, 0.15) is 0 Å². The zero-order chi connectivity index (χ0) is 11.2. The molecule has 0 amide bonds. The second kappa shape index (κ2) is 5.86. The van der Waals surface area contributed by atoms with E-state index in [1.165, 1.54) is 24.0 Å². The molecule has 0 unspecified atom stereocenters. The summed E-state index contributed by atoms with van der Waals surface area (Å²) in [6, 6.07) is 10.5. The SMILES string of the molecule is O[C@@H]1CCCC/C1=C\CCc1ccccc1. The number of benzene rings is 1. The molecule has 86 valence electrons. The fourth-order valence-electron chi connectivity index (χ4n) is 2.33. The molecule has 1 nitrogen and oxygen atoms in total. The third-order valence-corrected chi connectivity index (χ3v) is 3.30. The zero-order valence-corrected chi connectivity index (χ0v) is 9.73. The molecule has 0 aromatic heterocycles. The average molecular weight is 216 g/mol. The molecule has 1 saturated carbocycles. The van der Waals surface area contributed by atoms with Gasteiger partial charge >= 0.3 is 0 Å². The predicted octanol–water partition coefficient (Wildman–Crippen LogP) is 3.48. The maximum atomic E-state index is 9.80. The molecule has 1 aromatic rings. The molecule has 1 N–H and O–H groups in total. The van der Waals surface area contributed by atoms with Gasteiger partial charge in [0.15, 0.2) is 0 Å². The van der Waals surface area contributed by atoms with Crippen LogP contribution in [0.2, 0.25) is 0 Å². The first kappa shape index (κ1) is 11.4. The highest BCUT2D eigenvalue weighted by molar-refractivity contribution is 5.17. The van der Waals surface area contributed by atoms with Crippen LogP contribution in [-0.2, 0) is 6.42 Å². The van der Waals surface area contributed by atoms with Crippen LogP contribution in [0, 0.1) is 0 Å². The lowest BCUT2D eigenvalue weighted by molar-refractivity contribution is 0.178. The lowest BCUT2D eigenvalue weighted by Gasteiger charge is -2.20. The predicted molar refractivity (Wildman–Crippen MR) is 67.3 cm³/mol. The molecule has 1 aliphatic rings. The standard InChI is InChI=1S/C15H20O/c16-15-12-5-4-10-14(15)11-6-9-13-7-2-1-3-8-13/h1-3,7-8,11,15-16H,4-6,9-10,12H2/b14-11+/t15-/m1/s1. The number of allylic oxidation sites excluding steroid dienone is 1. The quantitative estimate of drug-likeness (QED) is 0.767. The number of hydrogen-bond acceptors (Lipinski definition) is 1. The second-order valence-corrected chi connectivity index (χ2v) is 4.56. The van der Waals surface area contributed by atoms with E-state index in [4.69, 9.17) is 0 Å². The van der Waals surface area contributed by atoms with Crippen molar-refractivity contribution in [3.63, 3.8) is 0 Å². The summed E-state index contributed by atoms with van der Waals surface area (Å²) in [7, 11) is 0. The van der Waals surface area contributed by atoms with Gasteiger partial charge in [0.2, 0.25) is 0 Å². The van der Waals surface area contributed by atoms with Crippen molar-refractivity contribution in [3.8, 4) is 0 Å². The van der Waals surface area contributed by atoms with Crippen LogP contribution in [0.4, 0.5) is 0 Å². The highest BCUT2D eigenvalue weighted by Gasteiger charge is 2.14. The van der Waals surface area contributed by atoms with Crippen molar-refractivity contribution in [1.29, 1.82) is 0 Å². The molecule has 16 heavy (non-hydrogen) atoms. The van der Waals surface area contributed by atoms with Crippen molar-refractivity contribution in [2.45, 2.75) is 44.6 Å². The summed E-state index contributed by atoms with van der Waals surface area (Å²) in [6.45, 7) is 0. The molecule has 1 atom stereocenters. The summed E-state index contributed by atoms with van der Waals surface area (Å²) in [4.78, 5) is 0. The lowest BCUT2D eigenvalue weighted by atomic mass is 9.91. The van der Waals surface area contributed by atoms with Crippen molar-refractivity contribution in [2.24, 2.45) is 0 Å². The molecule has 0 radical (unpaired) electrons. The van der Waals surface area contributed by atoms with Crippen LogP contribution in [0.1, 0.15) is 37.7 Å². The number of aliphatic hydroxyl groups is 1. The molecule has 0 saturated heterocycles. The summed E-state index contributed by atoms with van der Waals surface area (Å²) in [5.41, 5.74) is 2.65. The van der Waals surface area contributed by atoms with Gasteiger partial charge in [-0.2, -0.15) is 0 Å². The van der Waals surface area contributed by atoms with Crippen LogP contribution in [0.3, 0.4) is 0 Å².